The average Bonchev–Trinajstić information content (AvgIpc) is 3.14. The summed E-state index contributed by atoms with van der Waals surface area (Å²) in [6, 6.07) is 4.10. The molecule has 4 rings (SSSR count). The van der Waals surface area contributed by atoms with Crippen molar-refractivity contribution in [1.82, 2.24) is 20.2 Å². The van der Waals surface area contributed by atoms with E-state index in [1.165, 1.54) is 0 Å². The number of amides is 1. The first kappa shape index (κ1) is 17.4. The van der Waals surface area contributed by atoms with Crippen LogP contribution >= 0.6 is 11.3 Å². The summed E-state index contributed by atoms with van der Waals surface area (Å²) < 4.78 is 0. The van der Waals surface area contributed by atoms with E-state index in [0.717, 1.165) is 62.0 Å². The second-order valence-electron chi connectivity index (χ2n) is 7.07. The standard InChI is InChI=1S/C19H25N5OS/c1-14-13-26-19(22-14)23-8-4-15(5-9-23)18(25)24-10-7-21-12-17(24)16-3-2-6-20-11-16/h2-3,6,11,13,15,17,21H,4-5,7-10,12H2,1H3. The van der Waals surface area contributed by atoms with Gasteiger partial charge in [0.1, 0.15) is 0 Å². The second-order valence-corrected chi connectivity index (χ2v) is 7.91. The van der Waals surface area contributed by atoms with Crippen molar-refractivity contribution < 1.29 is 4.79 Å². The maximum Gasteiger partial charge on any atom is 0.226 e. The third-order valence-corrected chi connectivity index (χ3v) is 6.34. The third kappa shape index (κ3) is 3.59. The van der Waals surface area contributed by atoms with Crippen molar-refractivity contribution in [3.63, 3.8) is 0 Å². The monoisotopic (exact) mass is 371 g/mol. The molecule has 4 heterocycles. The van der Waals surface area contributed by atoms with Gasteiger partial charge in [-0.05, 0) is 31.4 Å². The van der Waals surface area contributed by atoms with Crippen LogP contribution in [0, 0.1) is 12.8 Å². The molecule has 6 nitrogen and oxygen atoms in total. The Morgan fingerprint density at radius 1 is 1.31 bits per heavy atom. The predicted octanol–water partition coefficient (Wildman–Crippen LogP) is 2.24. The van der Waals surface area contributed by atoms with Gasteiger partial charge in [-0.15, -0.1) is 11.3 Å². The summed E-state index contributed by atoms with van der Waals surface area (Å²) in [6.07, 6.45) is 5.47. The van der Waals surface area contributed by atoms with Crippen molar-refractivity contribution in [2.24, 2.45) is 5.92 Å². The molecule has 2 aliphatic rings. The van der Waals surface area contributed by atoms with Gasteiger partial charge >= 0.3 is 0 Å². The van der Waals surface area contributed by atoms with Gasteiger partial charge in [-0.2, -0.15) is 0 Å². The number of nitrogens with zero attached hydrogens (tertiary/aromatic N) is 4. The molecule has 0 aromatic carbocycles. The number of aryl methyl sites for hydroxylation is 1. The number of hydrogen-bond donors (Lipinski definition) is 1. The van der Waals surface area contributed by atoms with Crippen LogP contribution in [0.2, 0.25) is 0 Å². The van der Waals surface area contributed by atoms with Crippen molar-refractivity contribution in [3.8, 4) is 0 Å². The first-order chi connectivity index (χ1) is 12.7. The van der Waals surface area contributed by atoms with Crippen LogP contribution in [0.4, 0.5) is 5.13 Å². The Kier molecular flexibility index (Phi) is 5.17. The van der Waals surface area contributed by atoms with Crippen LogP contribution in [0.3, 0.4) is 0 Å². The fraction of sp³-hybridized carbons (Fsp3) is 0.526. The Labute approximate surface area is 158 Å². The summed E-state index contributed by atoms with van der Waals surface area (Å²) in [7, 11) is 0. The number of anilines is 1. The van der Waals surface area contributed by atoms with Gasteiger partial charge in [0.05, 0.1) is 11.7 Å². The lowest BCUT2D eigenvalue weighted by Gasteiger charge is -2.40. The number of thiazole rings is 1. The smallest absolute Gasteiger partial charge is 0.226 e. The first-order valence-corrected chi connectivity index (χ1v) is 10.2. The lowest BCUT2D eigenvalue weighted by Crippen LogP contribution is -2.51. The number of hydrogen-bond acceptors (Lipinski definition) is 6. The van der Waals surface area contributed by atoms with Crippen molar-refractivity contribution in [2.45, 2.75) is 25.8 Å². The maximum atomic E-state index is 13.2. The van der Waals surface area contributed by atoms with E-state index in [0.29, 0.717) is 5.91 Å². The van der Waals surface area contributed by atoms with Gasteiger partial charge in [-0.1, -0.05) is 6.07 Å². The molecule has 0 spiro atoms. The Balaban J connectivity index is 1.42. The summed E-state index contributed by atoms with van der Waals surface area (Å²) in [5, 5.41) is 6.59. The van der Waals surface area contributed by atoms with Gasteiger partial charge in [0.2, 0.25) is 5.91 Å². The van der Waals surface area contributed by atoms with Crippen LogP contribution in [-0.4, -0.2) is 53.5 Å². The molecular weight excluding hydrogens is 346 g/mol. The van der Waals surface area contributed by atoms with E-state index < -0.39 is 0 Å². The van der Waals surface area contributed by atoms with Gasteiger partial charge in [-0.3, -0.25) is 9.78 Å². The van der Waals surface area contributed by atoms with Crippen LogP contribution in [0.25, 0.3) is 0 Å². The molecule has 2 aromatic heterocycles. The molecule has 7 heteroatoms. The number of rotatable bonds is 3. The van der Waals surface area contributed by atoms with Gasteiger partial charge in [-0.25, -0.2) is 4.98 Å². The molecule has 1 atom stereocenters. The lowest BCUT2D eigenvalue weighted by molar-refractivity contribution is -0.139. The minimum atomic E-state index is 0.0876. The molecule has 1 unspecified atom stereocenters. The highest BCUT2D eigenvalue weighted by molar-refractivity contribution is 7.13. The Hall–Kier alpha value is -1.99. The number of pyridine rings is 1. The highest BCUT2D eigenvalue weighted by Gasteiger charge is 2.34. The maximum absolute atomic E-state index is 13.2. The largest absolute Gasteiger partial charge is 0.348 e. The van der Waals surface area contributed by atoms with Gasteiger partial charge in [0.25, 0.3) is 0 Å². The van der Waals surface area contributed by atoms with E-state index in [4.69, 9.17) is 0 Å². The van der Waals surface area contributed by atoms with E-state index in [9.17, 15) is 4.79 Å². The number of carbonyl (C=O) groups excluding carboxylic acids is 1. The molecule has 1 amide bonds. The fourth-order valence-electron chi connectivity index (χ4n) is 3.88. The molecule has 0 bridgehead atoms. The Morgan fingerprint density at radius 3 is 2.85 bits per heavy atom. The minimum Gasteiger partial charge on any atom is -0.348 e. The van der Waals surface area contributed by atoms with Crippen LogP contribution in [0.1, 0.15) is 30.1 Å². The van der Waals surface area contributed by atoms with Gasteiger partial charge in [0, 0.05) is 56.4 Å². The molecule has 0 saturated carbocycles. The van der Waals surface area contributed by atoms with Crippen molar-refractivity contribution in [1.29, 1.82) is 0 Å². The first-order valence-electron chi connectivity index (χ1n) is 9.30. The number of carbonyl (C=O) groups is 1. The normalized spacial score (nSPS) is 21.8. The lowest BCUT2D eigenvalue weighted by atomic mass is 9.93. The second kappa shape index (κ2) is 7.72. The van der Waals surface area contributed by atoms with Crippen molar-refractivity contribution >= 4 is 22.4 Å². The topological polar surface area (TPSA) is 61.4 Å². The highest BCUT2D eigenvalue weighted by Crippen LogP contribution is 2.30. The van der Waals surface area contributed by atoms with E-state index in [-0.39, 0.29) is 12.0 Å². The van der Waals surface area contributed by atoms with Crippen LogP contribution in [0.5, 0.6) is 0 Å². The molecule has 2 aromatic rings. The predicted molar refractivity (Wildman–Crippen MR) is 103 cm³/mol. The minimum absolute atomic E-state index is 0.0876. The zero-order chi connectivity index (χ0) is 17.9. The summed E-state index contributed by atoms with van der Waals surface area (Å²) in [5.74, 6) is 0.417. The summed E-state index contributed by atoms with van der Waals surface area (Å²) in [4.78, 5) is 26.4. The molecular formula is C19H25N5OS. The molecule has 138 valence electrons. The van der Waals surface area contributed by atoms with Crippen molar-refractivity contribution in [3.05, 3.63) is 41.2 Å². The zero-order valence-electron chi connectivity index (χ0n) is 15.1. The number of piperazine rings is 1. The molecule has 2 aliphatic heterocycles. The van der Waals surface area contributed by atoms with Crippen LogP contribution < -0.4 is 10.2 Å². The Bertz CT molecular complexity index is 741. The van der Waals surface area contributed by atoms with Gasteiger partial charge < -0.3 is 15.1 Å². The van der Waals surface area contributed by atoms with Crippen LogP contribution in [0.15, 0.2) is 29.9 Å². The van der Waals surface area contributed by atoms with E-state index in [2.05, 4.69) is 36.5 Å². The number of nitrogens with one attached hydrogen (secondary N) is 1. The third-order valence-electron chi connectivity index (χ3n) is 5.32. The Morgan fingerprint density at radius 2 is 2.15 bits per heavy atom. The molecule has 1 N–H and O–H groups in total. The molecule has 0 aliphatic carbocycles. The van der Waals surface area contributed by atoms with Gasteiger partial charge in [0.15, 0.2) is 5.13 Å². The zero-order valence-corrected chi connectivity index (χ0v) is 15.9. The van der Waals surface area contributed by atoms with E-state index in [1.54, 1.807) is 17.5 Å². The fourth-order valence-corrected chi connectivity index (χ4v) is 4.74. The summed E-state index contributed by atoms with van der Waals surface area (Å²) >= 11 is 1.70. The summed E-state index contributed by atoms with van der Waals surface area (Å²) in [6.45, 7) is 6.28. The van der Waals surface area contributed by atoms with Crippen molar-refractivity contribution in [2.75, 3.05) is 37.6 Å². The molecule has 2 saturated heterocycles. The van der Waals surface area contributed by atoms with E-state index >= 15 is 0 Å². The van der Waals surface area contributed by atoms with Crippen LogP contribution in [-0.2, 0) is 4.79 Å². The SMILES string of the molecule is Cc1csc(N2CCC(C(=O)N3CCNCC3c3cccnc3)CC2)n1. The molecule has 26 heavy (non-hydrogen) atoms. The highest BCUT2D eigenvalue weighted by atomic mass is 32.1. The number of piperidine rings is 1. The average molecular weight is 372 g/mol. The molecule has 2 fully saturated rings. The van der Waals surface area contributed by atoms with E-state index in [1.807, 2.05) is 19.2 Å². The summed E-state index contributed by atoms with van der Waals surface area (Å²) in [5.41, 5.74) is 2.19. The quantitative estimate of drug-likeness (QED) is 0.897. The number of aromatic nitrogens is 2. The molecule has 0 radical (unpaired) electrons.